The average Bonchev–Trinajstić information content (AvgIpc) is 3.21. The van der Waals surface area contributed by atoms with Crippen LogP contribution in [0, 0.1) is 0 Å². The maximum atomic E-state index is 12.4. The van der Waals surface area contributed by atoms with E-state index in [4.69, 9.17) is 4.42 Å². The minimum absolute atomic E-state index is 0.151. The summed E-state index contributed by atoms with van der Waals surface area (Å²) in [5.41, 5.74) is 1.65. The van der Waals surface area contributed by atoms with E-state index in [0.29, 0.717) is 11.4 Å². The molecule has 0 bridgehead atoms. The molecule has 1 unspecified atom stereocenters. The Balaban J connectivity index is 1.50. The minimum atomic E-state index is -0.361. The topological polar surface area (TPSA) is 71.3 Å². The summed E-state index contributed by atoms with van der Waals surface area (Å²) >= 11 is 4.63. The number of hydrogen-bond acceptors (Lipinski definition) is 4. The fourth-order valence-electron chi connectivity index (χ4n) is 2.62. The highest BCUT2D eigenvalue weighted by atomic mass is 79.9. The lowest BCUT2D eigenvalue weighted by atomic mass is 10.0. The van der Waals surface area contributed by atoms with Gasteiger partial charge in [0.1, 0.15) is 11.8 Å². The standard InChI is InChI=1S/C21H19BrN2O3S/c22-16-8-4-9-17(12-16)23-19(25)13-28-14-20(26)24-21(18-10-5-11-27-18)15-6-2-1-3-7-15/h1-12,21H,13-14H2,(H,23,25)(H,24,26). The second-order valence-electron chi connectivity index (χ2n) is 5.98. The van der Waals surface area contributed by atoms with Crippen LogP contribution >= 0.6 is 27.7 Å². The maximum absolute atomic E-state index is 12.4. The van der Waals surface area contributed by atoms with Crippen LogP contribution < -0.4 is 10.6 Å². The van der Waals surface area contributed by atoms with Gasteiger partial charge in [-0.05, 0) is 35.9 Å². The number of amides is 2. The van der Waals surface area contributed by atoms with Gasteiger partial charge < -0.3 is 15.1 Å². The Labute approximate surface area is 176 Å². The first-order valence-electron chi connectivity index (χ1n) is 8.62. The van der Waals surface area contributed by atoms with E-state index in [9.17, 15) is 9.59 Å². The van der Waals surface area contributed by atoms with Gasteiger partial charge in [0, 0.05) is 10.2 Å². The van der Waals surface area contributed by atoms with Crippen molar-refractivity contribution >= 4 is 45.2 Å². The van der Waals surface area contributed by atoms with Crippen molar-refractivity contribution in [2.45, 2.75) is 6.04 Å². The Kier molecular flexibility index (Phi) is 7.33. The average molecular weight is 459 g/mol. The van der Waals surface area contributed by atoms with Gasteiger partial charge in [-0.3, -0.25) is 9.59 Å². The summed E-state index contributed by atoms with van der Waals surface area (Å²) in [6, 6.07) is 20.3. The van der Waals surface area contributed by atoms with Gasteiger partial charge in [-0.2, -0.15) is 0 Å². The maximum Gasteiger partial charge on any atom is 0.234 e. The highest BCUT2D eigenvalue weighted by Crippen LogP contribution is 2.22. The third kappa shape index (κ3) is 6.00. The third-order valence-corrected chi connectivity index (χ3v) is 5.27. The number of thioether (sulfide) groups is 1. The number of anilines is 1. The van der Waals surface area contributed by atoms with E-state index >= 15 is 0 Å². The summed E-state index contributed by atoms with van der Waals surface area (Å²) in [4.78, 5) is 24.4. The second-order valence-corrected chi connectivity index (χ2v) is 7.88. The van der Waals surface area contributed by atoms with E-state index in [2.05, 4.69) is 26.6 Å². The third-order valence-electron chi connectivity index (χ3n) is 3.84. The van der Waals surface area contributed by atoms with Crippen LogP contribution in [0.5, 0.6) is 0 Å². The summed E-state index contributed by atoms with van der Waals surface area (Å²) in [7, 11) is 0. The molecule has 3 rings (SSSR count). The Morgan fingerprint density at radius 2 is 1.75 bits per heavy atom. The first-order chi connectivity index (χ1) is 13.6. The van der Waals surface area contributed by atoms with Crippen molar-refractivity contribution in [1.82, 2.24) is 5.32 Å². The number of carbonyl (C=O) groups excluding carboxylic acids is 2. The van der Waals surface area contributed by atoms with E-state index in [-0.39, 0.29) is 29.4 Å². The smallest absolute Gasteiger partial charge is 0.234 e. The molecule has 2 amide bonds. The molecule has 0 radical (unpaired) electrons. The summed E-state index contributed by atoms with van der Waals surface area (Å²) in [6.07, 6.45) is 1.58. The van der Waals surface area contributed by atoms with Crippen molar-refractivity contribution in [2.75, 3.05) is 16.8 Å². The Morgan fingerprint density at radius 3 is 2.46 bits per heavy atom. The van der Waals surface area contributed by atoms with E-state index in [1.807, 2.05) is 60.7 Å². The molecule has 0 aliphatic rings. The molecule has 1 aromatic heterocycles. The van der Waals surface area contributed by atoms with Gasteiger partial charge in [0.05, 0.1) is 17.8 Å². The van der Waals surface area contributed by atoms with Crippen molar-refractivity contribution in [3.8, 4) is 0 Å². The summed E-state index contributed by atoms with van der Waals surface area (Å²) in [5.74, 6) is 0.719. The molecular weight excluding hydrogens is 440 g/mol. The largest absolute Gasteiger partial charge is 0.467 e. The van der Waals surface area contributed by atoms with Crippen LogP contribution in [-0.2, 0) is 9.59 Å². The van der Waals surface area contributed by atoms with Crippen LogP contribution in [0.15, 0.2) is 81.9 Å². The molecule has 0 spiro atoms. The quantitative estimate of drug-likeness (QED) is 0.516. The first-order valence-corrected chi connectivity index (χ1v) is 10.6. The van der Waals surface area contributed by atoms with Gasteiger partial charge in [-0.25, -0.2) is 0 Å². The Bertz CT molecular complexity index is 916. The number of rotatable bonds is 8. The van der Waals surface area contributed by atoms with E-state index in [0.717, 1.165) is 10.0 Å². The van der Waals surface area contributed by atoms with Crippen molar-refractivity contribution < 1.29 is 14.0 Å². The fourth-order valence-corrected chi connectivity index (χ4v) is 3.65. The zero-order chi connectivity index (χ0) is 19.8. The number of hydrogen-bond donors (Lipinski definition) is 2. The van der Waals surface area contributed by atoms with Crippen LogP contribution in [0.2, 0.25) is 0 Å². The molecule has 7 heteroatoms. The van der Waals surface area contributed by atoms with Crippen LogP contribution in [0.4, 0.5) is 5.69 Å². The van der Waals surface area contributed by atoms with Gasteiger partial charge in [0.25, 0.3) is 0 Å². The van der Waals surface area contributed by atoms with Gasteiger partial charge in [-0.15, -0.1) is 11.8 Å². The molecule has 2 N–H and O–H groups in total. The van der Waals surface area contributed by atoms with Gasteiger partial charge in [-0.1, -0.05) is 52.3 Å². The molecule has 2 aromatic carbocycles. The summed E-state index contributed by atoms with van der Waals surface area (Å²) in [5, 5.41) is 5.78. The normalized spacial score (nSPS) is 11.6. The number of furan rings is 1. The van der Waals surface area contributed by atoms with E-state index in [1.54, 1.807) is 12.3 Å². The molecule has 0 fully saturated rings. The van der Waals surface area contributed by atoms with Crippen molar-refractivity contribution in [1.29, 1.82) is 0 Å². The number of carbonyl (C=O) groups is 2. The lowest BCUT2D eigenvalue weighted by molar-refractivity contribution is -0.119. The Morgan fingerprint density at radius 1 is 0.964 bits per heavy atom. The molecule has 0 saturated heterocycles. The van der Waals surface area contributed by atoms with Gasteiger partial charge in [0.2, 0.25) is 11.8 Å². The molecule has 0 aliphatic carbocycles. The lowest BCUT2D eigenvalue weighted by Gasteiger charge is -2.17. The first kappa shape index (κ1) is 20.2. The van der Waals surface area contributed by atoms with Crippen LogP contribution in [0.1, 0.15) is 17.4 Å². The van der Waals surface area contributed by atoms with Crippen LogP contribution in [0.25, 0.3) is 0 Å². The minimum Gasteiger partial charge on any atom is -0.467 e. The molecule has 1 atom stereocenters. The van der Waals surface area contributed by atoms with Crippen molar-refractivity contribution in [2.24, 2.45) is 0 Å². The molecule has 144 valence electrons. The summed E-state index contributed by atoms with van der Waals surface area (Å²) < 4.78 is 6.37. The number of halogens is 1. The van der Waals surface area contributed by atoms with E-state index < -0.39 is 0 Å². The molecule has 3 aromatic rings. The monoisotopic (exact) mass is 458 g/mol. The molecular formula is C21H19BrN2O3S. The van der Waals surface area contributed by atoms with Gasteiger partial charge >= 0.3 is 0 Å². The molecule has 1 heterocycles. The van der Waals surface area contributed by atoms with E-state index in [1.165, 1.54) is 11.8 Å². The fraction of sp³-hybridized carbons (Fsp3) is 0.143. The molecule has 5 nitrogen and oxygen atoms in total. The summed E-state index contributed by atoms with van der Waals surface area (Å²) in [6.45, 7) is 0. The zero-order valence-electron chi connectivity index (χ0n) is 14.9. The SMILES string of the molecule is O=C(CSCC(=O)NC(c1ccccc1)c1ccco1)Nc1cccc(Br)c1. The second kappa shape index (κ2) is 10.1. The highest BCUT2D eigenvalue weighted by Gasteiger charge is 2.19. The molecule has 0 saturated carbocycles. The van der Waals surface area contributed by atoms with Crippen molar-refractivity contribution in [3.63, 3.8) is 0 Å². The predicted molar refractivity (Wildman–Crippen MR) is 115 cm³/mol. The number of nitrogens with one attached hydrogen (secondary N) is 2. The Hall–Kier alpha value is -2.51. The highest BCUT2D eigenvalue weighted by molar-refractivity contribution is 9.10. The molecule has 28 heavy (non-hydrogen) atoms. The number of benzene rings is 2. The van der Waals surface area contributed by atoms with Gasteiger partial charge in [0.15, 0.2) is 0 Å². The molecule has 0 aliphatic heterocycles. The van der Waals surface area contributed by atoms with Crippen LogP contribution in [0.3, 0.4) is 0 Å². The lowest BCUT2D eigenvalue weighted by Crippen LogP contribution is -2.31. The van der Waals surface area contributed by atoms with Crippen LogP contribution in [-0.4, -0.2) is 23.3 Å². The predicted octanol–water partition coefficient (Wildman–Crippen LogP) is 4.62. The van der Waals surface area contributed by atoms with Crippen molar-refractivity contribution in [3.05, 3.63) is 88.8 Å². The zero-order valence-corrected chi connectivity index (χ0v) is 17.3.